The van der Waals surface area contributed by atoms with Gasteiger partial charge in [0.2, 0.25) is 0 Å². The summed E-state index contributed by atoms with van der Waals surface area (Å²) < 4.78 is 13.0. The van der Waals surface area contributed by atoms with Crippen molar-refractivity contribution in [2.45, 2.75) is 16.7 Å². The van der Waals surface area contributed by atoms with Crippen LogP contribution in [0.3, 0.4) is 0 Å². The number of hydrogen-bond donors (Lipinski definition) is 1. The molecule has 0 aliphatic carbocycles. The number of aromatic carboxylic acids is 1. The zero-order valence-corrected chi connectivity index (χ0v) is 10.5. The molecule has 4 heteroatoms. The molecule has 0 saturated carbocycles. The molecule has 0 atom stereocenters. The van der Waals surface area contributed by atoms with Gasteiger partial charge in [-0.1, -0.05) is 29.5 Å². The van der Waals surface area contributed by atoms with Crippen molar-refractivity contribution >= 4 is 17.7 Å². The Labute approximate surface area is 108 Å². The second kappa shape index (κ2) is 5.23. The lowest BCUT2D eigenvalue weighted by molar-refractivity contribution is 0.0692. The second-order valence-electron chi connectivity index (χ2n) is 3.86. The summed E-state index contributed by atoms with van der Waals surface area (Å²) >= 11 is 1.32. The zero-order chi connectivity index (χ0) is 13.1. The van der Waals surface area contributed by atoms with Crippen LogP contribution in [0, 0.1) is 12.7 Å². The molecule has 92 valence electrons. The van der Waals surface area contributed by atoms with Gasteiger partial charge in [-0.05, 0) is 37.3 Å². The lowest BCUT2D eigenvalue weighted by atomic mass is 10.2. The molecule has 2 nitrogen and oxygen atoms in total. The predicted octanol–water partition coefficient (Wildman–Crippen LogP) is 3.98. The van der Waals surface area contributed by atoms with Gasteiger partial charge >= 0.3 is 5.97 Å². The van der Waals surface area contributed by atoms with Crippen LogP contribution >= 0.6 is 11.8 Å². The molecular formula is C14H11FO2S. The van der Waals surface area contributed by atoms with E-state index in [1.165, 1.54) is 23.9 Å². The van der Waals surface area contributed by atoms with Crippen LogP contribution in [-0.2, 0) is 0 Å². The maximum Gasteiger partial charge on any atom is 0.336 e. The Morgan fingerprint density at radius 3 is 2.67 bits per heavy atom. The number of benzene rings is 2. The fraction of sp³-hybridized carbons (Fsp3) is 0.0714. The number of halogens is 1. The maximum absolute atomic E-state index is 13.0. The lowest BCUT2D eigenvalue weighted by Crippen LogP contribution is -1.99. The standard InChI is InChI=1S/C14H11FO2S/c1-9-3-2-4-11(7-9)18-13-6-5-10(15)8-12(13)14(16)17/h2-8H,1H3,(H,16,17). The number of hydrogen-bond acceptors (Lipinski definition) is 2. The van der Waals surface area contributed by atoms with Gasteiger partial charge < -0.3 is 5.11 Å². The van der Waals surface area contributed by atoms with E-state index >= 15 is 0 Å². The Morgan fingerprint density at radius 2 is 2.00 bits per heavy atom. The van der Waals surface area contributed by atoms with Gasteiger partial charge in [-0.3, -0.25) is 0 Å². The molecule has 0 aromatic heterocycles. The first kappa shape index (κ1) is 12.6. The summed E-state index contributed by atoms with van der Waals surface area (Å²) in [6.45, 7) is 1.97. The number of carboxylic acids is 1. The molecular weight excluding hydrogens is 251 g/mol. The van der Waals surface area contributed by atoms with Gasteiger partial charge in [-0.25, -0.2) is 9.18 Å². The third-order valence-electron chi connectivity index (χ3n) is 2.39. The van der Waals surface area contributed by atoms with E-state index in [0.29, 0.717) is 4.90 Å². The summed E-state index contributed by atoms with van der Waals surface area (Å²) in [6, 6.07) is 11.5. The summed E-state index contributed by atoms with van der Waals surface area (Å²) in [7, 11) is 0. The molecule has 0 unspecified atom stereocenters. The van der Waals surface area contributed by atoms with Crippen molar-refractivity contribution in [3.63, 3.8) is 0 Å². The molecule has 0 spiro atoms. The van der Waals surface area contributed by atoms with Crippen LogP contribution in [0.2, 0.25) is 0 Å². The van der Waals surface area contributed by atoms with Gasteiger partial charge in [0, 0.05) is 9.79 Å². The van der Waals surface area contributed by atoms with Gasteiger partial charge in [0.1, 0.15) is 5.82 Å². The first-order valence-corrected chi connectivity index (χ1v) is 6.15. The normalized spacial score (nSPS) is 10.3. The predicted molar refractivity (Wildman–Crippen MR) is 68.7 cm³/mol. The van der Waals surface area contributed by atoms with E-state index in [4.69, 9.17) is 5.11 Å². The molecule has 0 aliphatic rings. The van der Waals surface area contributed by atoms with E-state index in [1.807, 2.05) is 31.2 Å². The molecule has 2 rings (SSSR count). The highest BCUT2D eigenvalue weighted by Crippen LogP contribution is 2.31. The Morgan fingerprint density at radius 1 is 1.22 bits per heavy atom. The molecule has 0 heterocycles. The van der Waals surface area contributed by atoms with Crippen LogP contribution in [0.15, 0.2) is 52.3 Å². The summed E-state index contributed by atoms with van der Waals surface area (Å²) in [5, 5.41) is 9.04. The highest BCUT2D eigenvalue weighted by atomic mass is 32.2. The van der Waals surface area contributed by atoms with Gasteiger partial charge in [-0.2, -0.15) is 0 Å². The molecule has 0 bridgehead atoms. The van der Waals surface area contributed by atoms with Crippen LogP contribution < -0.4 is 0 Å². The van der Waals surface area contributed by atoms with E-state index in [-0.39, 0.29) is 5.56 Å². The minimum atomic E-state index is -1.12. The molecule has 18 heavy (non-hydrogen) atoms. The average Bonchev–Trinajstić information content (AvgIpc) is 2.31. The number of aryl methyl sites for hydroxylation is 1. The Balaban J connectivity index is 2.37. The van der Waals surface area contributed by atoms with Crippen LogP contribution in [0.4, 0.5) is 4.39 Å². The average molecular weight is 262 g/mol. The first-order chi connectivity index (χ1) is 8.56. The molecule has 0 saturated heterocycles. The Kier molecular flexibility index (Phi) is 3.67. The smallest absolute Gasteiger partial charge is 0.336 e. The third kappa shape index (κ3) is 2.90. The fourth-order valence-electron chi connectivity index (χ4n) is 1.56. The van der Waals surface area contributed by atoms with Crippen molar-refractivity contribution in [2.75, 3.05) is 0 Å². The van der Waals surface area contributed by atoms with Gasteiger partial charge in [0.05, 0.1) is 5.56 Å². The third-order valence-corrected chi connectivity index (χ3v) is 3.45. The summed E-state index contributed by atoms with van der Waals surface area (Å²) in [4.78, 5) is 12.5. The number of rotatable bonds is 3. The molecule has 0 radical (unpaired) electrons. The van der Waals surface area contributed by atoms with E-state index in [2.05, 4.69) is 0 Å². The number of carbonyl (C=O) groups is 1. The Hall–Kier alpha value is -1.81. The van der Waals surface area contributed by atoms with E-state index in [9.17, 15) is 9.18 Å². The van der Waals surface area contributed by atoms with Crippen molar-refractivity contribution in [2.24, 2.45) is 0 Å². The van der Waals surface area contributed by atoms with Crippen LogP contribution in [-0.4, -0.2) is 11.1 Å². The maximum atomic E-state index is 13.0. The Bertz CT molecular complexity index is 596. The highest BCUT2D eigenvalue weighted by molar-refractivity contribution is 7.99. The molecule has 2 aromatic rings. The lowest BCUT2D eigenvalue weighted by Gasteiger charge is -2.06. The molecule has 2 aromatic carbocycles. The monoisotopic (exact) mass is 262 g/mol. The SMILES string of the molecule is Cc1cccc(Sc2ccc(F)cc2C(=O)O)c1. The van der Waals surface area contributed by atoms with Gasteiger partial charge in [-0.15, -0.1) is 0 Å². The molecule has 0 fully saturated rings. The summed E-state index contributed by atoms with van der Waals surface area (Å²) in [6.07, 6.45) is 0. The molecule has 0 amide bonds. The van der Waals surface area contributed by atoms with E-state index in [0.717, 1.165) is 16.5 Å². The topological polar surface area (TPSA) is 37.3 Å². The fourth-order valence-corrected chi connectivity index (χ4v) is 2.60. The van der Waals surface area contributed by atoms with Crippen molar-refractivity contribution < 1.29 is 14.3 Å². The van der Waals surface area contributed by atoms with Crippen molar-refractivity contribution in [1.82, 2.24) is 0 Å². The number of carboxylic acid groups (broad SMARTS) is 1. The van der Waals surface area contributed by atoms with E-state index in [1.54, 1.807) is 0 Å². The zero-order valence-electron chi connectivity index (χ0n) is 9.68. The largest absolute Gasteiger partial charge is 0.478 e. The van der Waals surface area contributed by atoms with Crippen molar-refractivity contribution in [3.8, 4) is 0 Å². The van der Waals surface area contributed by atoms with Crippen LogP contribution in [0.5, 0.6) is 0 Å². The minimum Gasteiger partial charge on any atom is -0.478 e. The van der Waals surface area contributed by atoms with Gasteiger partial charge in [0.15, 0.2) is 0 Å². The van der Waals surface area contributed by atoms with Crippen LogP contribution in [0.25, 0.3) is 0 Å². The van der Waals surface area contributed by atoms with Crippen molar-refractivity contribution in [1.29, 1.82) is 0 Å². The summed E-state index contributed by atoms with van der Waals surface area (Å²) in [5.74, 6) is -1.66. The minimum absolute atomic E-state index is 0.0125. The molecule has 1 N–H and O–H groups in total. The quantitative estimate of drug-likeness (QED) is 0.909. The second-order valence-corrected chi connectivity index (χ2v) is 4.98. The molecule has 0 aliphatic heterocycles. The van der Waals surface area contributed by atoms with Crippen LogP contribution in [0.1, 0.15) is 15.9 Å². The highest BCUT2D eigenvalue weighted by Gasteiger charge is 2.12. The van der Waals surface area contributed by atoms with E-state index < -0.39 is 11.8 Å². The summed E-state index contributed by atoms with van der Waals surface area (Å²) in [5.41, 5.74) is 1.08. The first-order valence-electron chi connectivity index (χ1n) is 5.33. The van der Waals surface area contributed by atoms with Crippen molar-refractivity contribution in [3.05, 3.63) is 59.4 Å². The van der Waals surface area contributed by atoms with Gasteiger partial charge in [0.25, 0.3) is 0 Å².